The zero-order chi connectivity index (χ0) is 11.6. The summed E-state index contributed by atoms with van der Waals surface area (Å²) < 4.78 is 13.9. The topological polar surface area (TPSA) is 26.0 Å². The van der Waals surface area contributed by atoms with E-state index in [2.05, 4.69) is 6.92 Å². The third kappa shape index (κ3) is 1.86. The molecule has 0 heterocycles. The second-order valence-corrected chi connectivity index (χ2v) is 4.86. The molecule has 0 bridgehead atoms. The summed E-state index contributed by atoms with van der Waals surface area (Å²) in [5.74, 6) is -0.0791. The summed E-state index contributed by atoms with van der Waals surface area (Å²) in [7, 11) is 0. The van der Waals surface area contributed by atoms with Crippen LogP contribution in [-0.4, -0.2) is 6.54 Å². The van der Waals surface area contributed by atoms with Crippen molar-refractivity contribution in [1.82, 2.24) is 0 Å². The Kier molecular flexibility index (Phi) is 3.29. The molecule has 2 N–H and O–H groups in total. The average Bonchev–Trinajstić information content (AvgIpc) is 2.79. The summed E-state index contributed by atoms with van der Waals surface area (Å²) in [6.07, 6.45) is 5.37. The molecule has 0 unspecified atom stereocenters. The number of hydrogen-bond donors (Lipinski definition) is 1. The number of aryl methyl sites for hydroxylation is 1. The highest BCUT2D eigenvalue weighted by atomic mass is 19.1. The minimum absolute atomic E-state index is 0.0791. The molecule has 0 amide bonds. The second kappa shape index (κ2) is 4.54. The third-order valence-corrected chi connectivity index (χ3v) is 3.96. The molecule has 0 aliphatic heterocycles. The fourth-order valence-electron chi connectivity index (χ4n) is 2.83. The molecule has 0 atom stereocenters. The van der Waals surface area contributed by atoms with Crippen molar-refractivity contribution < 1.29 is 4.39 Å². The van der Waals surface area contributed by atoms with E-state index in [0.29, 0.717) is 6.54 Å². The maximum atomic E-state index is 13.9. The third-order valence-electron chi connectivity index (χ3n) is 3.96. The van der Waals surface area contributed by atoms with E-state index < -0.39 is 0 Å². The zero-order valence-electron chi connectivity index (χ0n) is 9.93. The van der Waals surface area contributed by atoms with Crippen molar-refractivity contribution in [3.05, 3.63) is 35.1 Å². The lowest BCUT2D eigenvalue weighted by atomic mass is 9.78. The lowest BCUT2D eigenvalue weighted by molar-refractivity contribution is 0.426. The maximum absolute atomic E-state index is 13.9. The van der Waals surface area contributed by atoms with Gasteiger partial charge >= 0.3 is 0 Å². The molecule has 0 radical (unpaired) electrons. The van der Waals surface area contributed by atoms with Gasteiger partial charge in [-0.2, -0.15) is 0 Å². The van der Waals surface area contributed by atoms with Crippen LogP contribution in [0.3, 0.4) is 0 Å². The van der Waals surface area contributed by atoms with Crippen LogP contribution in [0.25, 0.3) is 0 Å². The molecule has 1 aromatic carbocycles. The van der Waals surface area contributed by atoms with E-state index in [1.807, 2.05) is 12.1 Å². The van der Waals surface area contributed by atoms with Crippen molar-refractivity contribution in [1.29, 1.82) is 0 Å². The molecule has 0 spiro atoms. The molecule has 2 rings (SSSR count). The molecule has 16 heavy (non-hydrogen) atoms. The van der Waals surface area contributed by atoms with Crippen LogP contribution in [0.4, 0.5) is 4.39 Å². The van der Waals surface area contributed by atoms with Crippen LogP contribution in [0.15, 0.2) is 18.2 Å². The van der Waals surface area contributed by atoms with Gasteiger partial charge in [0.05, 0.1) is 0 Å². The molecule has 1 nitrogen and oxygen atoms in total. The Morgan fingerprint density at radius 2 is 2.00 bits per heavy atom. The van der Waals surface area contributed by atoms with Crippen molar-refractivity contribution in [2.45, 2.75) is 44.4 Å². The predicted octanol–water partition coefficient (Wildman–Crippen LogP) is 3.16. The molecule has 0 saturated heterocycles. The summed E-state index contributed by atoms with van der Waals surface area (Å²) in [6, 6.07) is 5.50. The molecule has 0 aromatic heterocycles. The van der Waals surface area contributed by atoms with Gasteiger partial charge in [-0.25, -0.2) is 4.39 Å². The first-order valence-electron chi connectivity index (χ1n) is 6.21. The van der Waals surface area contributed by atoms with Crippen LogP contribution < -0.4 is 5.73 Å². The predicted molar refractivity (Wildman–Crippen MR) is 65.0 cm³/mol. The van der Waals surface area contributed by atoms with Crippen LogP contribution >= 0.6 is 0 Å². The average molecular weight is 221 g/mol. The SMILES string of the molecule is CCc1ccc(F)c(C2(CN)CCCC2)c1. The second-order valence-electron chi connectivity index (χ2n) is 4.86. The van der Waals surface area contributed by atoms with Crippen molar-refractivity contribution in [3.63, 3.8) is 0 Å². The Hall–Kier alpha value is -0.890. The molecular formula is C14H20FN. The fourth-order valence-corrected chi connectivity index (χ4v) is 2.83. The molecule has 1 saturated carbocycles. The van der Waals surface area contributed by atoms with E-state index in [9.17, 15) is 4.39 Å². The minimum atomic E-state index is -0.0880. The van der Waals surface area contributed by atoms with Crippen molar-refractivity contribution in [2.75, 3.05) is 6.54 Å². The summed E-state index contributed by atoms with van der Waals surface area (Å²) in [6.45, 7) is 2.66. The largest absolute Gasteiger partial charge is 0.330 e. The Bertz CT molecular complexity index is 367. The molecule has 88 valence electrons. The Labute approximate surface area is 96.9 Å². The maximum Gasteiger partial charge on any atom is 0.127 e. The lowest BCUT2D eigenvalue weighted by Crippen LogP contribution is -2.33. The van der Waals surface area contributed by atoms with E-state index in [4.69, 9.17) is 5.73 Å². The standard InChI is InChI=1S/C14H20FN/c1-2-11-5-6-13(15)12(9-11)14(10-16)7-3-4-8-14/h5-6,9H,2-4,7-8,10,16H2,1H3. The van der Waals surface area contributed by atoms with E-state index in [1.54, 1.807) is 6.07 Å². The summed E-state index contributed by atoms with van der Waals surface area (Å²) >= 11 is 0. The van der Waals surface area contributed by atoms with Gasteiger partial charge in [-0.15, -0.1) is 0 Å². The molecular weight excluding hydrogens is 201 g/mol. The van der Waals surface area contributed by atoms with Gasteiger partial charge in [0, 0.05) is 12.0 Å². The molecule has 1 aliphatic rings. The number of hydrogen-bond acceptors (Lipinski definition) is 1. The van der Waals surface area contributed by atoms with Crippen molar-refractivity contribution >= 4 is 0 Å². The first-order valence-corrected chi connectivity index (χ1v) is 6.21. The summed E-state index contributed by atoms with van der Waals surface area (Å²) in [5.41, 5.74) is 7.86. The van der Waals surface area contributed by atoms with Gasteiger partial charge in [-0.3, -0.25) is 0 Å². The Morgan fingerprint density at radius 1 is 1.31 bits per heavy atom. The first-order chi connectivity index (χ1) is 7.72. The quantitative estimate of drug-likeness (QED) is 0.833. The van der Waals surface area contributed by atoms with Crippen molar-refractivity contribution in [2.24, 2.45) is 5.73 Å². The first kappa shape index (κ1) is 11.6. The van der Waals surface area contributed by atoms with Crippen LogP contribution in [0.1, 0.15) is 43.7 Å². The Balaban J connectivity index is 2.44. The van der Waals surface area contributed by atoms with E-state index in [1.165, 1.54) is 18.4 Å². The van der Waals surface area contributed by atoms with Crippen LogP contribution in [0, 0.1) is 5.82 Å². The van der Waals surface area contributed by atoms with Gasteiger partial charge in [-0.05, 0) is 36.5 Å². The number of halogens is 1. The van der Waals surface area contributed by atoms with Gasteiger partial charge in [0.25, 0.3) is 0 Å². The smallest absolute Gasteiger partial charge is 0.127 e. The van der Waals surface area contributed by atoms with Gasteiger partial charge < -0.3 is 5.73 Å². The van der Waals surface area contributed by atoms with Crippen LogP contribution in [0.5, 0.6) is 0 Å². The normalized spacial score (nSPS) is 18.9. The molecule has 2 heteroatoms. The van der Waals surface area contributed by atoms with Gasteiger partial charge in [0.2, 0.25) is 0 Å². The van der Waals surface area contributed by atoms with E-state index in [-0.39, 0.29) is 11.2 Å². The van der Waals surface area contributed by atoms with Gasteiger partial charge in [-0.1, -0.05) is 31.9 Å². The molecule has 1 aliphatic carbocycles. The van der Waals surface area contributed by atoms with E-state index in [0.717, 1.165) is 24.8 Å². The van der Waals surface area contributed by atoms with Gasteiger partial charge in [0.1, 0.15) is 5.82 Å². The van der Waals surface area contributed by atoms with Crippen LogP contribution in [0.2, 0.25) is 0 Å². The monoisotopic (exact) mass is 221 g/mol. The molecule has 1 fully saturated rings. The number of rotatable bonds is 3. The fraction of sp³-hybridized carbons (Fsp3) is 0.571. The van der Waals surface area contributed by atoms with E-state index >= 15 is 0 Å². The Morgan fingerprint density at radius 3 is 2.56 bits per heavy atom. The lowest BCUT2D eigenvalue weighted by Gasteiger charge is -2.28. The molecule has 1 aromatic rings. The van der Waals surface area contributed by atoms with Crippen LogP contribution in [-0.2, 0) is 11.8 Å². The summed E-state index contributed by atoms with van der Waals surface area (Å²) in [4.78, 5) is 0. The van der Waals surface area contributed by atoms with Crippen molar-refractivity contribution in [3.8, 4) is 0 Å². The summed E-state index contributed by atoms with van der Waals surface area (Å²) in [5, 5.41) is 0. The highest BCUT2D eigenvalue weighted by Gasteiger charge is 2.36. The number of nitrogens with two attached hydrogens (primary N) is 1. The minimum Gasteiger partial charge on any atom is -0.330 e. The zero-order valence-corrected chi connectivity index (χ0v) is 9.93. The highest BCUT2D eigenvalue weighted by Crippen LogP contribution is 2.41. The van der Waals surface area contributed by atoms with Gasteiger partial charge in [0.15, 0.2) is 0 Å². The number of benzene rings is 1. The highest BCUT2D eigenvalue weighted by molar-refractivity contribution is 5.33.